The summed E-state index contributed by atoms with van der Waals surface area (Å²) in [4.78, 5) is 37.7. The highest BCUT2D eigenvalue weighted by Gasteiger charge is 2.28. The van der Waals surface area contributed by atoms with E-state index in [4.69, 9.17) is 5.11 Å². The fourth-order valence-electron chi connectivity index (χ4n) is 3.23. The van der Waals surface area contributed by atoms with Crippen molar-refractivity contribution in [2.24, 2.45) is 0 Å². The summed E-state index contributed by atoms with van der Waals surface area (Å²) in [6, 6.07) is 4.44. The number of amides is 1. The molecule has 2 rings (SSSR count). The van der Waals surface area contributed by atoms with Gasteiger partial charge in [0.15, 0.2) is 0 Å². The molecule has 1 aliphatic heterocycles. The van der Waals surface area contributed by atoms with Crippen LogP contribution in [0.25, 0.3) is 0 Å². The third-order valence-electron chi connectivity index (χ3n) is 4.68. The molecule has 1 N–H and O–H groups in total. The predicted molar refractivity (Wildman–Crippen MR) is 91.6 cm³/mol. The van der Waals surface area contributed by atoms with Gasteiger partial charge < -0.3 is 10.0 Å². The molecule has 25 heavy (non-hydrogen) atoms. The van der Waals surface area contributed by atoms with Crippen LogP contribution in [0.4, 0.5) is 5.69 Å². The van der Waals surface area contributed by atoms with Crippen molar-refractivity contribution in [2.75, 3.05) is 26.2 Å². The van der Waals surface area contributed by atoms with Crippen molar-refractivity contribution in [3.8, 4) is 0 Å². The first-order valence-corrected chi connectivity index (χ1v) is 8.33. The SMILES string of the molecule is CCN(CC(=O)O)C1CCN(C(=O)c2cc([N+](=O)[O-])ccc2C)CC1. The molecule has 0 unspecified atom stereocenters. The minimum Gasteiger partial charge on any atom is -0.480 e. The Morgan fingerprint density at radius 3 is 2.52 bits per heavy atom. The number of aryl methyl sites for hydroxylation is 1. The van der Waals surface area contributed by atoms with E-state index in [0.29, 0.717) is 43.6 Å². The van der Waals surface area contributed by atoms with Crippen LogP contribution in [0.15, 0.2) is 18.2 Å². The van der Waals surface area contributed by atoms with E-state index in [2.05, 4.69) is 0 Å². The number of benzene rings is 1. The molecule has 136 valence electrons. The second-order valence-corrected chi connectivity index (χ2v) is 6.24. The number of aliphatic carboxylic acids is 1. The van der Waals surface area contributed by atoms with Crippen molar-refractivity contribution >= 4 is 17.6 Å². The van der Waals surface area contributed by atoms with Crippen LogP contribution in [0.5, 0.6) is 0 Å². The van der Waals surface area contributed by atoms with Crippen LogP contribution in [0.2, 0.25) is 0 Å². The number of nitro benzene ring substituents is 1. The lowest BCUT2D eigenvalue weighted by atomic mass is 10.0. The van der Waals surface area contributed by atoms with Gasteiger partial charge in [0.1, 0.15) is 0 Å². The van der Waals surface area contributed by atoms with E-state index in [1.807, 2.05) is 11.8 Å². The summed E-state index contributed by atoms with van der Waals surface area (Å²) in [5.41, 5.74) is 0.965. The van der Waals surface area contributed by atoms with Crippen molar-refractivity contribution in [3.05, 3.63) is 39.4 Å². The van der Waals surface area contributed by atoms with Gasteiger partial charge in [-0.2, -0.15) is 0 Å². The molecule has 1 aromatic carbocycles. The van der Waals surface area contributed by atoms with E-state index in [1.54, 1.807) is 17.9 Å². The molecule has 0 radical (unpaired) electrons. The van der Waals surface area contributed by atoms with Crippen LogP contribution in [-0.2, 0) is 4.79 Å². The Bertz CT molecular complexity index is 668. The minimum absolute atomic E-state index is 0.000892. The van der Waals surface area contributed by atoms with E-state index in [9.17, 15) is 19.7 Å². The Morgan fingerprint density at radius 1 is 1.36 bits per heavy atom. The first kappa shape index (κ1) is 18.9. The van der Waals surface area contributed by atoms with Crippen molar-refractivity contribution < 1.29 is 19.6 Å². The topological polar surface area (TPSA) is 104 Å². The first-order valence-electron chi connectivity index (χ1n) is 8.33. The molecule has 0 aliphatic carbocycles. The molecule has 0 bridgehead atoms. The number of rotatable bonds is 6. The molecule has 0 atom stereocenters. The van der Waals surface area contributed by atoms with Gasteiger partial charge in [-0.3, -0.25) is 24.6 Å². The number of nitro groups is 1. The molecule has 0 spiro atoms. The zero-order valence-electron chi connectivity index (χ0n) is 14.5. The molecule has 1 heterocycles. The second-order valence-electron chi connectivity index (χ2n) is 6.24. The number of carbonyl (C=O) groups is 2. The number of carboxylic acids is 1. The number of likely N-dealkylation sites (N-methyl/N-ethyl adjacent to an activating group) is 1. The molecular formula is C17H23N3O5. The third-order valence-corrected chi connectivity index (χ3v) is 4.68. The Labute approximate surface area is 146 Å². The second kappa shape index (κ2) is 8.06. The van der Waals surface area contributed by atoms with E-state index >= 15 is 0 Å². The Balaban J connectivity index is 2.05. The molecule has 0 aromatic heterocycles. The number of piperidine rings is 1. The minimum atomic E-state index is -0.854. The Hall–Kier alpha value is -2.48. The highest BCUT2D eigenvalue weighted by molar-refractivity contribution is 5.96. The lowest BCUT2D eigenvalue weighted by Gasteiger charge is -2.37. The van der Waals surface area contributed by atoms with E-state index in [-0.39, 0.29) is 24.2 Å². The van der Waals surface area contributed by atoms with Gasteiger partial charge in [0, 0.05) is 36.8 Å². The van der Waals surface area contributed by atoms with E-state index in [0.717, 1.165) is 0 Å². The van der Waals surface area contributed by atoms with Gasteiger partial charge in [0.2, 0.25) is 0 Å². The first-order chi connectivity index (χ1) is 11.8. The third kappa shape index (κ3) is 4.54. The molecule has 1 aromatic rings. The van der Waals surface area contributed by atoms with Crippen molar-refractivity contribution in [3.63, 3.8) is 0 Å². The van der Waals surface area contributed by atoms with Gasteiger partial charge in [-0.1, -0.05) is 13.0 Å². The largest absolute Gasteiger partial charge is 0.480 e. The van der Waals surface area contributed by atoms with Crippen LogP contribution in [0.1, 0.15) is 35.7 Å². The number of carboxylic acid groups (broad SMARTS) is 1. The molecule has 1 saturated heterocycles. The average Bonchev–Trinajstić information content (AvgIpc) is 2.59. The van der Waals surface area contributed by atoms with Gasteiger partial charge in [0.25, 0.3) is 11.6 Å². The van der Waals surface area contributed by atoms with Crippen LogP contribution < -0.4 is 0 Å². The lowest BCUT2D eigenvalue weighted by molar-refractivity contribution is -0.384. The lowest BCUT2D eigenvalue weighted by Crippen LogP contribution is -2.48. The normalized spacial score (nSPS) is 15.4. The number of carbonyl (C=O) groups excluding carboxylic acids is 1. The summed E-state index contributed by atoms with van der Waals surface area (Å²) >= 11 is 0. The molecule has 8 heteroatoms. The zero-order chi connectivity index (χ0) is 18.6. The van der Waals surface area contributed by atoms with Gasteiger partial charge in [-0.05, 0) is 31.9 Å². The van der Waals surface area contributed by atoms with Gasteiger partial charge in [-0.25, -0.2) is 0 Å². The highest BCUT2D eigenvalue weighted by atomic mass is 16.6. The van der Waals surface area contributed by atoms with Gasteiger partial charge in [0.05, 0.1) is 11.5 Å². The van der Waals surface area contributed by atoms with Gasteiger partial charge >= 0.3 is 5.97 Å². The summed E-state index contributed by atoms with van der Waals surface area (Å²) in [6.45, 7) is 5.36. The monoisotopic (exact) mass is 349 g/mol. The number of non-ortho nitro benzene ring substituents is 1. The summed E-state index contributed by atoms with van der Waals surface area (Å²) in [7, 11) is 0. The van der Waals surface area contributed by atoms with Crippen molar-refractivity contribution in [2.45, 2.75) is 32.7 Å². The summed E-state index contributed by atoms with van der Waals surface area (Å²) in [5.74, 6) is -1.06. The van der Waals surface area contributed by atoms with E-state index in [1.165, 1.54) is 12.1 Å². The fraction of sp³-hybridized carbons (Fsp3) is 0.529. The number of likely N-dealkylation sites (tertiary alicyclic amines) is 1. The average molecular weight is 349 g/mol. The van der Waals surface area contributed by atoms with Crippen LogP contribution in [-0.4, -0.2) is 63.9 Å². The van der Waals surface area contributed by atoms with Crippen LogP contribution >= 0.6 is 0 Å². The highest BCUT2D eigenvalue weighted by Crippen LogP contribution is 2.22. The zero-order valence-corrected chi connectivity index (χ0v) is 14.5. The number of hydrogen-bond donors (Lipinski definition) is 1. The Morgan fingerprint density at radius 2 is 2.00 bits per heavy atom. The van der Waals surface area contributed by atoms with Crippen molar-refractivity contribution in [1.82, 2.24) is 9.80 Å². The predicted octanol–water partition coefficient (Wildman–Crippen LogP) is 1.91. The summed E-state index contributed by atoms with van der Waals surface area (Å²) in [5, 5.41) is 19.9. The van der Waals surface area contributed by atoms with Crippen LogP contribution in [0, 0.1) is 17.0 Å². The maximum absolute atomic E-state index is 12.7. The molecule has 1 amide bonds. The molecule has 0 saturated carbocycles. The van der Waals surface area contributed by atoms with Gasteiger partial charge in [-0.15, -0.1) is 0 Å². The molecule has 8 nitrogen and oxygen atoms in total. The maximum atomic E-state index is 12.7. The van der Waals surface area contributed by atoms with Crippen molar-refractivity contribution in [1.29, 1.82) is 0 Å². The Kier molecular flexibility index (Phi) is 6.08. The summed E-state index contributed by atoms with van der Waals surface area (Å²) in [6.07, 6.45) is 1.39. The molecule has 1 fully saturated rings. The summed E-state index contributed by atoms with van der Waals surface area (Å²) < 4.78 is 0. The quantitative estimate of drug-likeness (QED) is 0.621. The maximum Gasteiger partial charge on any atom is 0.317 e. The molecule has 1 aliphatic rings. The fourth-order valence-corrected chi connectivity index (χ4v) is 3.23. The number of nitrogens with zero attached hydrogens (tertiary/aromatic N) is 3. The standard InChI is InChI=1S/C17H23N3O5/c1-3-18(11-16(21)22)13-6-8-19(9-7-13)17(23)15-10-14(20(24)25)5-4-12(15)2/h4-5,10,13H,3,6-9,11H2,1-2H3,(H,21,22). The smallest absolute Gasteiger partial charge is 0.317 e. The van der Waals surface area contributed by atoms with Crippen LogP contribution in [0.3, 0.4) is 0 Å². The van der Waals surface area contributed by atoms with E-state index < -0.39 is 10.9 Å². The molecular weight excluding hydrogens is 326 g/mol. The number of hydrogen-bond acceptors (Lipinski definition) is 5.